The van der Waals surface area contributed by atoms with Crippen molar-refractivity contribution >= 4 is 11.0 Å². The van der Waals surface area contributed by atoms with Crippen LogP contribution in [0.25, 0.3) is 11.0 Å². The minimum absolute atomic E-state index is 0.166. The first kappa shape index (κ1) is 13.2. The summed E-state index contributed by atoms with van der Waals surface area (Å²) in [4.78, 5) is 11.7. The highest BCUT2D eigenvalue weighted by Crippen LogP contribution is 2.40. The van der Waals surface area contributed by atoms with Gasteiger partial charge in [0.1, 0.15) is 16.9 Å². The number of fused-ring (bicyclic) bond motifs is 3. The van der Waals surface area contributed by atoms with Crippen LogP contribution in [0.1, 0.15) is 44.7 Å². The van der Waals surface area contributed by atoms with Gasteiger partial charge in [-0.2, -0.15) is 0 Å². The minimum Gasteiger partial charge on any atom is -0.487 e. The Kier molecular flexibility index (Phi) is 3.08. The molecule has 0 radical (unpaired) electrons. The molecular formula is C17H20O3. The van der Waals surface area contributed by atoms with Gasteiger partial charge in [0.2, 0.25) is 0 Å². The van der Waals surface area contributed by atoms with E-state index in [9.17, 15) is 4.79 Å². The van der Waals surface area contributed by atoms with E-state index in [-0.39, 0.29) is 11.2 Å². The largest absolute Gasteiger partial charge is 0.487 e. The zero-order chi connectivity index (χ0) is 14.3. The van der Waals surface area contributed by atoms with Gasteiger partial charge in [0.05, 0.1) is 5.39 Å². The van der Waals surface area contributed by atoms with E-state index in [4.69, 9.17) is 9.15 Å². The molecule has 20 heavy (non-hydrogen) atoms. The van der Waals surface area contributed by atoms with E-state index >= 15 is 0 Å². The summed E-state index contributed by atoms with van der Waals surface area (Å²) in [5.74, 6) is 0.908. The number of rotatable bonds is 2. The van der Waals surface area contributed by atoms with Crippen molar-refractivity contribution in [3.8, 4) is 5.75 Å². The van der Waals surface area contributed by atoms with Gasteiger partial charge in [-0.3, -0.25) is 0 Å². The van der Waals surface area contributed by atoms with Crippen LogP contribution in [-0.2, 0) is 12.8 Å². The van der Waals surface area contributed by atoms with Gasteiger partial charge in [-0.25, -0.2) is 4.79 Å². The third kappa shape index (κ3) is 2.21. The standard InChI is InChI=1S/C17H20O3/c1-4-5-12-10-14(18)19-13-7-6-11-8-9-17(2,3)20-16(11)15(12)13/h6-7,10H,4-5,8-9H2,1-3H3. The number of ether oxygens (including phenoxy) is 1. The van der Waals surface area contributed by atoms with Crippen molar-refractivity contribution in [2.75, 3.05) is 0 Å². The molecule has 0 saturated heterocycles. The minimum atomic E-state index is -0.282. The van der Waals surface area contributed by atoms with Gasteiger partial charge in [0.15, 0.2) is 0 Å². The summed E-state index contributed by atoms with van der Waals surface area (Å²) in [6.45, 7) is 6.32. The second-order valence-electron chi connectivity index (χ2n) is 6.13. The van der Waals surface area contributed by atoms with Crippen molar-refractivity contribution in [1.29, 1.82) is 0 Å². The lowest BCUT2D eigenvalue weighted by atomic mass is 9.92. The summed E-state index contributed by atoms with van der Waals surface area (Å²) in [6, 6.07) is 5.53. The summed E-state index contributed by atoms with van der Waals surface area (Å²) < 4.78 is 11.5. The maximum absolute atomic E-state index is 11.7. The molecule has 0 bridgehead atoms. The quantitative estimate of drug-likeness (QED) is 0.779. The van der Waals surface area contributed by atoms with Crippen LogP contribution in [0, 0.1) is 0 Å². The Balaban J connectivity index is 2.30. The summed E-state index contributed by atoms with van der Waals surface area (Å²) in [5.41, 5.74) is 2.44. The first-order chi connectivity index (χ1) is 9.50. The highest BCUT2D eigenvalue weighted by atomic mass is 16.5. The van der Waals surface area contributed by atoms with Crippen LogP contribution in [0.2, 0.25) is 0 Å². The Morgan fingerprint density at radius 2 is 2.10 bits per heavy atom. The van der Waals surface area contributed by atoms with Gasteiger partial charge >= 0.3 is 5.63 Å². The molecule has 0 atom stereocenters. The summed E-state index contributed by atoms with van der Waals surface area (Å²) in [5, 5.41) is 0.983. The molecule has 1 aromatic heterocycles. The second kappa shape index (κ2) is 4.65. The first-order valence-corrected chi connectivity index (χ1v) is 7.28. The Morgan fingerprint density at radius 1 is 1.30 bits per heavy atom. The zero-order valence-corrected chi connectivity index (χ0v) is 12.3. The molecule has 3 rings (SSSR count). The Morgan fingerprint density at radius 3 is 2.85 bits per heavy atom. The second-order valence-corrected chi connectivity index (χ2v) is 6.13. The van der Waals surface area contributed by atoms with Gasteiger partial charge in [-0.1, -0.05) is 19.4 Å². The van der Waals surface area contributed by atoms with Gasteiger partial charge in [0.25, 0.3) is 0 Å². The molecule has 0 saturated carbocycles. The summed E-state index contributed by atoms with van der Waals surface area (Å²) in [7, 11) is 0. The molecule has 0 fully saturated rings. The highest BCUT2D eigenvalue weighted by molar-refractivity contribution is 5.88. The van der Waals surface area contributed by atoms with E-state index in [1.54, 1.807) is 6.07 Å². The van der Waals surface area contributed by atoms with Crippen LogP contribution in [-0.4, -0.2) is 5.60 Å². The summed E-state index contributed by atoms with van der Waals surface area (Å²) >= 11 is 0. The molecule has 106 valence electrons. The van der Waals surface area contributed by atoms with Gasteiger partial charge < -0.3 is 9.15 Å². The molecule has 1 aliphatic heterocycles. The average molecular weight is 272 g/mol. The topological polar surface area (TPSA) is 39.4 Å². The lowest BCUT2D eigenvalue weighted by Crippen LogP contribution is -2.32. The average Bonchev–Trinajstić information content (AvgIpc) is 2.37. The van der Waals surface area contributed by atoms with E-state index in [0.717, 1.165) is 42.4 Å². The highest BCUT2D eigenvalue weighted by Gasteiger charge is 2.29. The number of hydrogen-bond donors (Lipinski definition) is 0. The molecule has 1 aromatic carbocycles. The molecular weight excluding hydrogens is 252 g/mol. The molecule has 0 amide bonds. The van der Waals surface area contributed by atoms with Crippen molar-refractivity contribution in [1.82, 2.24) is 0 Å². The van der Waals surface area contributed by atoms with Gasteiger partial charge in [0, 0.05) is 6.07 Å². The van der Waals surface area contributed by atoms with E-state index in [2.05, 4.69) is 20.8 Å². The molecule has 0 unspecified atom stereocenters. The van der Waals surface area contributed by atoms with Crippen molar-refractivity contribution in [2.24, 2.45) is 0 Å². The molecule has 0 spiro atoms. The lowest BCUT2D eigenvalue weighted by Gasteiger charge is -2.33. The van der Waals surface area contributed by atoms with Crippen LogP contribution >= 0.6 is 0 Å². The molecule has 0 aliphatic carbocycles. The monoisotopic (exact) mass is 272 g/mol. The number of benzene rings is 1. The number of hydrogen-bond acceptors (Lipinski definition) is 3. The van der Waals surface area contributed by atoms with Crippen molar-refractivity contribution < 1.29 is 9.15 Å². The van der Waals surface area contributed by atoms with Gasteiger partial charge in [-0.05, 0) is 50.3 Å². The van der Waals surface area contributed by atoms with Crippen LogP contribution in [0.4, 0.5) is 0 Å². The fourth-order valence-electron chi connectivity index (χ4n) is 2.89. The van der Waals surface area contributed by atoms with Crippen LogP contribution < -0.4 is 10.4 Å². The zero-order valence-electron chi connectivity index (χ0n) is 12.3. The van der Waals surface area contributed by atoms with Crippen molar-refractivity contribution in [3.63, 3.8) is 0 Å². The normalized spacial score (nSPS) is 16.8. The third-order valence-electron chi connectivity index (χ3n) is 3.92. The van der Waals surface area contributed by atoms with Crippen LogP contribution in [0.5, 0.6) is 5.75 Å². The maximum Gasteiger partial charge on any atom is 0.336 e. The molecule has 2 heterocycles. The van der Waals surface area contributed by atoms with E-state index in [0.29, 0.717) is 5.58 Å². The molecule has 3 heteroatoms. The predicted molar refractivity (Wildman–Crippen MR) is 79.5 cm³/mol. The van der Waals surface area contributed by atoms with Crippen LogP contribution in [0.15, 0.2) is 27.4 Å². The van der Waals surface area contributed by atoms with Crippen molar-refractivity contribution in [2.45, 2.75) is 52.1 Å². The Bertz CT molecular complexity index is 710. The van der Waals surface area contributed by atoms with Gasteiger partial charge in [-0.15, -0.1) is 0 Å². The Labute approximate surface area is 118 Å². The third-order valence-corrected chi connectivity index (χ3v) is 3.92. The summed E-state index contributed by atoms with van der Waals surface area (Å²) in [6.07, 6.45) is 3.86. The fraction of sp³-hybridized carbons (Fsp3) is 0.471. The smallest absolute Gasteiger partial charge is 0.336 e. The lowest BCUT2D eigenvalue weighted by molar-refractivity contribution is 0.0867. The van der Waals surface area contributed by atoms with E-state index < -0.39 is 0 Å². The SMILES string of the molecule is CCCc1cc(=O)oc2ccc3c(c12)OC(C)(C)CC3. The van der Waals surface area contributed by atoms with E-state index in [1.165, 1.54) is 5.56 Å². The van der Waals surface area contributed by atoms with Crippen LogP contribution in [0.3, 0.4) is 0 Å². The Hall–Kier alpha value is -1.77. The first-order valence-electron chi connectivity index (χ1n) is 7.28. The fourth-order valence-corrected chi connectivity index (χ4v) is 2.89. The predicted octanol–water partition coefficient (Wildman–Crippen LogP) is 3.85. The molecule has 2 aromatic rings. The molecule has 1 aliphatic rings. The number of aryl methyl sites for hydroxylation is 2. The molecule has 3 nitrogen and oxygen atoms in total. The maximum atomic E-state index is 11.7. The molecule has 0 N–H and O–H groups in total. The van der Waals surface area contributed by atoms with Crippen molar-refractivity contribution in [3.05, 3.63) is 39.7 Å². The van der Waals surface area contributed by atoms with E-state index in [1.807, 2.05) is 12.1 Å².